The molecule has 1 amide bonds. The van der Waals surface area contributed by atoms with E-state index in [1.807, 2.05) is 13.8 Å². The Labute approximate surface area is 179 Å². The van der Waals surface area contributed by atoms with E-state index in [1.54, 1.807) is 4.90 Å². The van der Waals surface area contributed by atoms with Crippen LogP contribution in [0.1, 0.15) is 20.3 Å². The number of primary sulfonamides is 1. The van der Waals surface area contributed by atoms with Gasteiger partial charge in [-0.15, -0.1) is 0 Å². The Morgan fingerprint density at radius 3 is 2.65 bits per heavy atom. The molecule has 11 heteroatoms. The molecule has 2 heterocycles. The first-order valence-corrected chi connectivity index (χ1v) is 11.2. The third kappa shape index (κ3) is 4.62. The predicted octanol–water partition coefficient (Wildman–Crippen LogP) is 2.51. The molecule has 168 valence electrons. The number of halogens is 2. The van der Waals surface area contributed by atoms with E-state index in [1.165, 1.54) is 25.4 Å². The average molecular weight is 454 g/mol. The maximum absolute atomic E-state index is 14.3. The van der Waals surface area contributed by atoms with Gasteiger partial charge in [0.15, 0.2) is 16.6 Å². The molecule has 1 aromatic carbocycles. The van der Waals surface area contributed by atoms with Gasteiger partial charge in [0, 0.05) is 24.5 Å². The number of aromatic nitrogens is 1. The Bertz CT molecular complexity index is 1090. The van der Waals surface area contributed by atoms with Gasteiger partial charge in [-0.3, -0.25) is 4.79 Å². The van der Waals surface area contributed by atoms with Crippen LogP contribution < -0.4 is 20.1 Å². The highest BCUT2D eigenvalue weighted by Gasteiger charge is 2.42. The zero-order valence-corrected chi connectivity index (χ0v) is 18.1. The number of benzene rings is 1. The molecule has 0 radical (unpaired) electrons. The summed E-state index contributed by atoms with van der Waals surface area (Å²) in [7, 11) is -2.81. The number of carbonyl (C=O) groups is 1. The Morgan fingerprint density at radius 1 is 1.32 bits per heavy atom. The lowest BCUT2D eigenvalue weighted by molar-refractivity contribution is -0.118. The number of amides is 1. The molecular weight excluding hydrogens is 430 g/mol. The molecule has 2 atom stereocenters. The first kappa shape index (κ1) is 22.9. The summed E-state index contributed by atoms with van der Waals surface area (Å²) in [4.78, 5) is 18.6. The van der Waals surface area contributed by atoms with Crippen LogP contribution in [0.5, 0.6) is 5.75 Å². The topological polar surface area (TPSA) is 115 Å². The molecule has 0 saturated carbocycles. The standard InChI is InChI=1S/C20H24F2N4O4S/c1-11(2)13-7-9-26(15-5-4-14(21)17(22)19(15)30-3)18(13)20(27)25-12-6-8-24-16(10-12)31(23,28)29/h4-6,8,10-11,13,18H,7,9H2,1-3H3,(H2,23,28,29)(H,24,25,27)/t13-,18+/m0/s1. The van der Waals surface area contributed by atoms with Crippen LogP contribution in [0.2, 0.25) is 0 Å². The predicted molar refractivity (Wildman–Crippen MR) is 111 cm³/mol. The van der Waals surface area contributed by atoms with Crippen LogP contribution in [0, 0.1) is 23.5 Å². The van der Waals surface area contributed by atoms with Gasteiger partial charge in [-0.1, -0.05) is 13.8 Å². The third-order valence-electron chi connectivity index (χ3n) is 5.41. The van der Waals surface area contributed by atoms with Crippen LogP contribution in [0.25, 0.3) is 0 Å². The molecule has 2 aromatic rings. The fraction of sp³-hybridized carbons (Fsp3) is 0.400. The number of sulfonamides is 1. The van der Waals surface area contributed by atoms with Gasteiger partial charge < -0.3 is 15.0 Å². The second kappa shape index (κ2) is 8.75. The molecular formula is C20H24F2N4O4S. The minimum atomic E-state index is -4.04. The number of nitrogens with zero attached hydrogens (tertiary/aromatic N) is 2. The van der Waals surface area contributed by atoms with E-state index in [4.69, 9.17) is 9.88 Å². The van der Waals surface area contributed by atoms with Crippen molar-refractivity contribution in [2.24, 2.45) is 17.0 Å². The van der Waals surface area contributed by atoms with E-state index in [0.29, 0.717) is 13.0 Å². The number of rotatable bonds is 6. The molecule has 0 bridgehead atoms. The molecule has 0 unspecified atom stereocenters. The van der Waals surface area contributed by atoms with E-state index in [2.05, 4.69) is 10.3 Å². The van der Waals surface area contributed by atoms with Crippen molar-refractivity contribution in [2.75, 3.05) is 23.9 Å². The fourth-order valence-electron chi connectivity index (χ4n) is 3.92. The fourth-order valence-corrected chi connectivity index (χ4v) is 4.42. The lowest BCUT2D eigenvalue weighted by Crippen LogP contribution is -2.44. The van der Waals surface area contributed by atoms with E-state index in [0.717, 1.165) is 12.1 Å². The van der Waals surface area contributed by atoms with Crippen molar-refractivity contribution in [2.45, 2.75) is 31.3 Å². The van der Waals surface area contributed by atoms with Gasteiger partial charge in [0.05, 0.1) is 12.8 Å². The number of ether oxygens (including phenoxy) is 1. The van der Waals surface area contributed by atoms with Crippen LogP contribution in [0.4, 0.5) is 20.2 Å². The number of hydrogen-bond acceptors (Lipinski definition) is 6. The minimum absolute atomic E-state index is 0.0858. The Kier molecular flexibility index (Phi) is 6.46. The summed E-state index contributed by atoms with van der Waals surface area (Å²) in [6.45, 7) is 4.38. The minimum Gasteiger partial charge on any atom is -0.491 e. The summed E-state index contributed by atoms with van der Waals surface area (Å²) < 4.78 is 56.2. The average Bonchev–Trinajstić information content (AvgIpc) is 3.15. The van der Waals surface area contributed by atoms with Crippen molar-refractivity contribution < 1.29 is 26.7 Å². The molecule has 1 aliphatic rings. The number of carbonyl (C=O) groups excluding carboxylic acids is 1. The van der Waals surface area contributed by atoms with Crippen molar-refractivity contribution in [1.29, 1.82) is 0 Å². The van der Waals surface area contributed by atoms with Crippen molar-refractivity contribution in [3.05, 3.63) is 42.1 Å². The first-order valence-electron chi connectivity index (χ1n) is 9.63. The summed E-state index contributed by atoms with van der Waals surface area (Å²) in [6, 6.07) is 4.26. The van der Waals surface area contributed by atoms with Crippen LogP contribution in [-0.2, 0) is 14.8 Å². The summed E-state index contributed by atoms with van der Waals surface area (Å²) >= 11 is 0. The number of nitrogens with two attached hydrogens (primary N) is 1. The van der Waals surface area contributed by atoms with Gasteiger partial charge in [-0.05, 0) is 36.5 Å². The molecule has 0 spiro atoms. The Morgan fingerprint density at radius 2 is 2.03 bits per heavy atom. The summed E-state index contributed by atoms with van der Waals surface area (Å²) in [6.07, 6.45) is 1.87. The van der Waals surface area contributed by atoms with Crippen molar-refractivity contribution >= 4 is 27.3 Å². The van der Waals surface area contributed by atoms with Gasteiger partial charge in [0.2, 0.25) is 11.7 Å². The highest BCUT2D eigenvalue weighted by Crippen LogP contribution is 2.40. The second-order valence-electron chi connectivity index (χ2n) is 7.67. The van der Waals surface area contributed by atoms with E-state index in [9.17, 15) is 22.0 Å². The summed E-state index contributed by atoms with van der Waals surface area (Å²) in [5, 5.41) is 7.42. The molecule has 1 saturated heterocycles. The van der Waals surface area contributed by atoms with Gasteiger partial charge in [0.1, 0.15) is 6.04 Å². The van der Waals surface area contributed by atoms with Crippen LogP contribution in [0.15, 0.2) is 35.5 Å². The lowest BCUT2D eigenvalue weighted by atomic mass is 9.88. The number of methoxy groups -OCH3 is 1. The smallest absolute Gasteiger partial charge is 0.255 e. The quantitative estimate of drug-likeness (QED) is 0.693. The number of hydrogen-bond donors (Lipinski definition) is 2. The number of nitrogens with one attached hydrogen (secondary N) is 1. The van der Waals surface area contributed by atoms with Crippen molar-refractivity contribution in [1.82, 2.24) is 4.98 Å². The van der Waals surface area contributed by atoms with Gasteiger partial charge >= 0.3 is 0 Å². The van der Waals surface area contributed by atoms with Gasteiger partial charge in [0.25, 0.3) is 10.0 Å². The van der Waals surface area contributed by atoms with E-state index >= 15 is 0 Å². The molecule has 1 fully saturated rings. The molecule has 3 N–H and O–H groups in total. The highest BCUT2D eigenvalue weighted by atomic mass is 32.2. The molecule has 31 heavy (non-hydrogen) atoms. The molecule has 1 aliphatic heterocycles. The lowest BCUT2D eigenvalue weighted by Gasteiger charge is -2.31. The monoisotopic (exact) mass is 454 g/mol. The largest absolute Gasteiger partial charge is 0.491 e. The van der Waals surface area contributed by atoms with Gasteiger partial charge in [-0.2, -0.15) is 4.39 Å². The highest BCUT2D eigenvalue weighted by molar-refractivity contribution is 7.89. The SMILES string of the molecule is COc1c(N2CC[C@@H](C(C)C)[C@@H]2C(=O)Nc2ccnc(S(N)(=O)=O)c2)ccc(F)c1F. The van der Waals surface area contributed by atoms with Crippen LogP contribution in [-0.4, -0.2) is 39.0 Å². The van der Waals surface area contributed by atoms with E-state index < -0.39 is 33.6 Å². The van der Waals surface area contributed by atoms with E-state index in [-0.39, 0.29) is 34.0 Å². The molecule has 1 aromatic heterocycles. The van der Waals surface area contributed by atoms with Crippen LogP contribution >= 0.6 is 0 Å². The zero-order valence-electron chi connectivity index (χ0n) is 17.3. The maximum Gasteiger partial charge on any atom is 0.255 e. The third-order valence-corrected chi connectivity index (χ3v) is 6.21. The molecule has 3 rings (SSSR count). The maximum atomic E-state index is 14.3. The summed E-state index contributed by atoms with van der Waals surface area (Å²) in [5.41, 5.74) is 0.472. The molecule has 8 nitrogen and oxygen atoms in total. The number of pyridine rings is 1. The zero-order chi connectivity index (χ0) is 22.9. The van der Waals surface area contributed by atoms with Gasteiger partial charge in [-0.25, -0.2) is 22.9 Å². The number of anilines is 2. The molecule has 0 aliphatic carbocycles. The summed E-state index contributed by atoms with van der Waals surface area (Å²) in [5.74, 6) is -2.84. The first-order chi connectivity index (χ1) is 14.5. The normalized spacial score (nSPS) is 19.0. The Balaban J connectivity index is 1.97. The second-order valence-corrected chi connectivity index (χ2v) is 9.17. The Hall–Kier alpha value is -2.79. The van der Waals surface area contributed by atoms with Crippen molar-refractivity contribution in [3.63, 3.8) is 0 Å². The van der Waals surface area contributed by atoms with Crippen LogP contribution in [0.3, 0.4) is 0 Å². The van der Waals surface area contributed by atoms with Crippen molar-refractivity contribution in [3.8, 4) is 5.75 Å².